The highest BCUT2D eigenvalue weighted by Gasteiger charge is 2.43. The van der Waals surface area contributed by atoms with Gasteiger partial charge >= 0.3 is 0 Å². The molecule has 1 rings (SSSR count). The molecular weight excluding hydrogens is 216 g/mol. The Kier molecular flexibility index (Phi) is 5.10. The molecule has 1 fully saturated rings. The molecule has 16 heavy (non-hydrogen) atoms. The van der Waals surface area contributed by atoms with Crippen molar-refractivity contribution in [3.63, 3.8) is 0 Å². The van der Waals surface area contributed by atoms with Crippen LogP contribution >= 0.6 is 0 Å². The molecule has 5 atom stereocenters. The van der Waals surface area contributed by atoms with Gasteiger partial charge in [0.05, 0.1) is 13.2 Å². The van der Waals surface area contributed by atoms with Gasteiger partial charge in [-0.15, -0.1) is 0 Å². The summed E-state index contributed by atoms with van der Waals surface area (Å²) in [7, 11) is 0. The van der Waals surface area contributed by atoms with Crippen molar-refractivity contribution in [2.24, 2.45) is 5.92 Å². The third kappa shape index (κ3) is 3.13. The van der Waals surface area contributed by atoms with Crippen LogP contribution in [0.1, 0.15) is 13.8 Å². The van der Waals surface area contributed by atoms with Crippen molar-refractivity contribution >= 4 is 0 Å². The Morgan fingerprint density at radius 1 is 1.12 bits per heavy atom. The van der Waals surface area contributed by atoms with Crippen LogP contribution in [0.15, 0.2) is 0 Å². The molecule has 0 aromatic carbocycles. The number of aliphatic hydroxyl groups is 4. The molecule has 1 saturated heterocycles. The van der Waals surface area contributed by atoms with E-state index in [1.54, 1.807) is 0 Å². The Morgan fingerprint density at radius 2 is 1.75 bits per heavy atom. The average molecular weight is 236 g/mol. The first-order valence-electron chi connectivity index (χ1n) is 5.39. The number of hydrogen-bond donors (Lipinski definition) is 4. The van der Waals surface area contributed by atoms with Crippen LogP contribution < -0.4 is 0 Å². The lowest BCUT2D eigenvalue weighted by atomic mass is 9.99. The number of rotatable bonds is 4. The molecule has 0 aromatic heterocycles. The van der Waals surface area contributed by atoms with Crippen molar-refractivity contribution < 1.29 is 29.9 Å². The van der Waals surface area contributed by atoms with Crippen molar-refractivity contribution in [1.82, 2.24) is 0 Å². The first kappa shape index (κ1) is 13.8. The number of hydrogen-bond acceptors (Lipinski definition) is 6. The predicted octanol–water partition coefficient (Wildman–Crippen LogP) is -1.54. The molecule has 96 valence electrons. The Morgan fingerprint density at radius 3 is 2.25 bits per heavy atom. The first-order valence-corrected chi connectivity index (χ1v) is 5.39. The summed E-state index contributed by atoms with van der Waals surface area (Å²) in [6.45, 7) is 3.79. The third-order valence-corrected chi connectivity index (χ3v) is 2.44. The summed E-state index contributed by atoms with van der Waals surface area (Å²) >= 11 is 0. The van der Waals surface area contributed by atoms with E-state index in [0.717, 1.165) is 0 Å². The van der Waals surface area contributed by atoms with E-state index in [1.165, 1.54) is 0 Å². The summed E-state index contributed by atoms with van der Waals surface area (Å²) in [6, 6.07) is 0. The second-order valence-corrected chi connectivity index (χ2v) is 4.42. The van der Waals surface area contributed by atoms with Crippen molar-refractivity contribution in [3.05, 3.63) is 0 Å². The summed E-state index contributed by atoms with van der Waals surface area (Å²) in [5.74, 6) is 0.257. The van der Waals surface area contributed by atoms with E-state index in [9.17, 15) is 15.3 Å². The minimum atomic E-state index is -1.37. The number of aliphatic hydroxyl groups excluding tert-OH is 4. The summed E-state index contributed by atoms with van der Waals surface area (Å²) < 4.78 is 10.4. The van der Waals surface area contributed by atoms with E-state index >= 15 is 0 Å². The standard InChI is InChI=1S/C10H20O6/c1-5(2)4-15-10-9(14)8(13)7(12)6(3-11)16-10/h5-14H,3-4H2,1-2H3. The molecule has 0 bridgehead atoms. The fourth-order valence-electron chi connectivity index (χ4n) is 1.49. The van der Waals surface area contributed by atoms with Crippen LogP contribution in [0.3, 0.4) is 0 Å². The average Bonchev–Trinajstić information content (AvgIpc) is 2.25. The molecular formula is C10H20O6. The van der Waals surface area contributed by atoms with Gasteiger partial charge in [-0.05, 0) is 5.92 Å². The minimum Gasteiger partial charge on any atom is -0.394 e. The fourth-order valence-corrected chi connectivity index (χ4v) is 1.49. The van der Waals surface area contributed by atoms with Gasteiger partial charge in [-0.3, -0.25) is 0 Å². The Labute approximate surface area is 94.4 Å². The van der Waals surface area contributed by atoms with Crippen molar-refractivity contribution in [3.8, 4) is 0 Å². The Balaban J connectivity index is 2.56. The van der Waals surface area contributed by atoms with E-state index in [4.69, 9.17) is 14.6 Å². The van der Waals surface area contributed by atoms with Gasteiger partial charge in [0.25, 0.3) is 0 Å². The normalized spacial score (nSPS) is 40.3. The van der Waals surface area contributed by atoms with E-state index in [0.29, 0.717) is 6.61 Å². The summed E-state index contributed by atoms with van der Waals surface area (Å²) in [5.41, 5.74) is 0. The zero-order valence-electron chi connectivity index (χ0n) is 9.48. The van der Waals surface area contributed by atoms with Crippen molar-refractivity contribution in [1.29, 1.82) is 0 Å². The van der Waals surface area contributed by atoms with Crippen LogP contribution in [0.2, 0.25) is 0 Å². The first-order chi connectivity index (χ1) is 7.47. The van der Waals surface area contributed by atoms with Crippen molar-refractivity contribution in [2.75, 3.05) is 13.2 Å². The maximum Gasteiger partial charge on any atom is 0.186 e. The van der Waals surface area contributed by atoms with E-state index in [1.807, 2.05) is 13.8 Å². The van der Waals surface area contributed by atoms with Gasteiger partial charge in [0.2, 0.25) is 0 Å². The zero-order valence-corrected chi connectivity index (χ0v) is 9.48. The molecule has 0 aromatic rings. The monoisotopic (exact) mass is 236 g/mol. The van der Waals surface area contributed by atoms with Gasteiger partial charge in [0.15, 0.2) is 6.29 Å². The molecule has 6 heteroatoms. The summed E-state index contributed by atoms with van der Waals surface area (Å²) in [5, 5.41) is 37.5. The molecule has 0 aliphatic carbocycles. The highest BCUT2D eigenvalue weighted by atomic mass is 16.7. The molecule has 0 saturated carbocycles. The molecule has 1 aliphatic rings. The third-order valence-electron chi connectivity index (χ3n) is 2.44. The summed E-state index contributed by atoms with van der Waals surface area (Å²) in [4.78, 5) is 0. The predicted molar refractivity (Wildman–Crippen MR) is 54.6 cm³/mol. The van der Waals surface area contributed by atoms with E-state index in [2.05, 4.69) is 0 Å². The zero-order chi connectivity index (χ0) is 12.3. The smallest absolute Gasteiger partial charge is 0.186 e. The number of ether oxygens (including phenoxy) is 2. The van der Waals surface area contributed by atoms with Gasteiger partial charge in [-0.2, -0.15) is 0 Å². The van der Waals surface area contributed by atoms with E-state index in [-0.39, 0.29) is 5.92 Å². The molecule has 0 amide bonds. The van der Waals surface area contributed by atoms with Crippen LogP contribution in [0.25, 0.3) is 0 Å². The highest BCUT2D eigenvalue weighted by Crippen LogP contribution is 2.22. The minimum absolute atomic E-state index is 0.257. The summed E-state index contributed by atoms with van der Waals surface area (Å²) in [6.07, 6.45) is -5.94. The van der Waals surface area contributed by atoms with Gasteiger partial charge < -0.3 is 29.9 Å². The SMILES string of the molecule is CC(C)COC1OC(CO)C(O)C(O)C1O. The second kappa shape index (κ2) is 5.90. The lowest BCUT2D eigenvalue weighted by Gasteiger charge is -2.39. The van der Waals surface area contributed by atoms with Crippen LogP contribution in [0.4, 0.5) is 0 Å². The molecule has 0 spiro atoms. The van der Waals surface area contributed by atoms with Crippen LogP contribution in [0, 0.1) is 5.92 Å². The fraction of sp³-hybridized carbons (Fsp3) is 1.00. The molecule has 1 heterocycles. The lowest BCUT2D eigenvalue weighted by Crippen LogP contribution is -2.59. The van der Waals surface area contributed by atoms with Crippen LogP contribution in [-0.2, 0) is 9.47 Å². The largest absolute Gasteiger partial charge is 0.394 e. The highest BCUT2D eigenvalue weighted by molar-refractivity contribution is 4.88. The molecule has 1 aliphatic heterocycles. The molecule has 5 unspecified atom stereocenters. The lowest BCUT2D eigenvalue weighted by molar-refractivity contribution is -0.302. The van der Waals surface area contributed by atoms with Crippen LogP contribution in [-0.4, -0.2) is 64.3 Å². The molecule has 6 nitrogen and oxygen atoms in total. The van der Waals surface area contributed by atoms with E-state index < -0.39 is 37.3 Å². The van der Waals surface area contributed by atoms with Gasteiger partial charge in [0.1, 0.15) is 24.4 Å². The Hall–Kier alpha value is -0.240. The second-order valence-electron chi connectivity index (χ2n) is 4.42. The van der Waals surface area contributed by atoms with Gasteiger partial charge in [-0.1, -0.05) is 13.8 Å². The van der Waals surface area contributed by atoms with Gasteiger partial charge in [-0.25, -0.2) is 0 Å². The molecule has 0 radical (unpaired) electrons. The van der Waals surface area contributed by atoms with Crippen LogP contribution in [0.5, 0.6) is 0 Å². The topological polar surface area (TPSA) is 99.4 Å². The maximum atomic E-state index is 9.59. The Bertz CT molecular complexity index is 207. The van der Waals surface area contributed by atoms with Gasteiger partial charge in [0, 0.05) is 0 Å². The quantitative estimate of drug-likeness (QED) is 0.472. The molecule has 4 N–H and O–H groups in total. The van der Waals surface area contributed by atoms with Crippen molar-refractivity contribution in [2.45, 2.75) is 44.6 Å². The maximum absolute atomic E-state index is 9.59.